The zero-order valence-electron chi connectivity index (χ0n) is 16.0. The second-order valence-electron chi connectivity index (χ2n) is 6.54. The first kappa shape index (κ1) is 19.6. The van der Waals surface area contributed by atoms with Gasteiger partial charge in [0.25, 0.3) is 5.91 Å². The van der Waals surface area contributed by atoms with E-state index in [4.69, 9.17) is 0 Å². The number of carbonyl (C=O) groups is 1. The molecule has 2 heterocycles. The summed E-state index contributed by atoms with van der Waals surface area (Å²) in [7, 11) is 0. The molecule has 0 spiro atoms. The molecule has 0 aliphatic heterocycles. The lowest BCUT2D eigenvalue weighted by Crippen LogP contribution is -2.22. The van der Waals surface area contributed by atoms with Gasteiger partial charge in [0.1, 0.15) is 5.65 Å². The minimum Gasteiger partial charge on any atom is -0.348 e. The van der Waals surface area contributed by atoms with E-state index in [0.717, 1.165) is 27.6 Å². The number of aromatic nitrogens is 2. The van der Waals surface area contributed by atoms with Crippen molar-refractivity contribution in [2.45, 2.75) is 22.1 Å². The Hall–Kier alpha value is -2.70. The molecule has 1 amide bonds. The van der Waals surface area contributed by atoms with Crippen LogP contribution in [-0.4, -0.2) is 21.5 Å². The Morgan fingerprint density at radius 1 is 1.00 bits per heavy atom. The Kier molecular flexibility index (Phi) is 6.22. The molecule has 2 aromatic carbocycles. The van der Waals surface area contributed by atoms with Crippen molar-refractivity contribution in [2.24, 2.45) is 0 Å². The molecule has 0 fully saturated rings. The molecular formula is C23H21N3OS2. The van der Waals surface area contributed by atoms with Gasteiger partial charge in [-0.15, -0.1) is 23.5 Å². The first-order chi connectivity index (χ1) is 14.2. The molecule has 0 saturated carbocycles. The first-order valence-electron chi connectivity index (χ1n) is 9.28. The van der Waals surface area contributed by atoms with Crippen LogP contribution in [-0.2, 0) is 12.3 Å². The Balaban J connectivity index is 1.31. The standard InChI is InChI=1S/C23H21N3OS2/c1-28-20-9-5-17(6-10-20)14-24-23(27)18-7-11-21(12-8-18)29-16-19-15-26-13-3-2-4-22(26)25-19/h2-13,15H,14,16H2,1H3,(H,24,27). The van der Waals surface area contributed by atoms with Gasteiger partial charge < -0.3 is 9.72 Å². The number of pyridine rings is 1. The van der Waals surface area contributed by atoms with Crippen LogP contribution < -0.4 is 5.32 Å². The molecule has 0 radical (unpaired) electrons. The van der Waals surface area contributed by atoms with Gasteiger partial charge in [0.05, 0.1) is 5.69 Å². The van der Waals surface area contributed by atoms with E-state index in [1.807, 2.05) is 65.2 Å². The number of imidazole rings is 1. The van der Waals surface area contributed by atoms with E-state index in [2.05, 4.69) is 34.9 Å². The van der Waals surface area contributed by atoms with Crippen LogP contribution in [0.5, 0.6) is 0 Å². The average molecular weight is 420 g/mol. The fourth-order valence-corrected chi connectivity index (χ4v) is 4.13. The fraction of sp³-hybridized carbons (Fsp3) is 0.130. The maximum absolute atomic E-state index is 12.4. The Bertz CT molecular complexity index is 1070. The summed E-state index contributed by atoms with van der Waals surface area (Å²) in [6.45, 7) is 0.526. The van der Waals surface area contributed by atoms with Gasteiger partial charge in [-0.1, -0.05) is 18.2 Å². The van der Waals surface area contributed by atoms with Crippen LogP contribution in [0.4, 0.5) is 0 Å². The molecule has 146 valence electrons. The van der Waals surface area contributed by atoms with Gasteiger partial charge in [-0.05, 0) is 60.4 Å². The van der Waals surface area contributed by atoms with Crippen molar-refractivity contribution in [1.82, 2.24) is 14.7 Å². The van der Waals surface area contributed by atoms with Crippen LogP contribution >= 0.6 is 23.5 Å². The minimum atomic E-state index is -0.0594. The van der Waals surface area contributed by atoms with Crippen molar-refractivity contribution in [2.75, 3.05) is 6.26 Å². The summed E-state index contributed by atoms with van der Waals surface area (Å²) < 4.78 is 2.03. The molecule has 6 heteroatoms. The summed E-state index contributed by atoms with van der Waals surface area (Å²) >= 11 is 3.42. The molecule has 0 atom stereocenters. The van der Waals surface area contributed by atoms with Gasteiger partial charge in [0, 0.05) is 40.0 Å². The monoisotopic (exact) mass is 419 g/mol. The Morgan fingerprint density at radius 2 is 1.76 bits per heavy atom. The van der Waals surface area contributed by atoms with Crippen molar-refractivity contribution < 1.29 is 4.79 Å². The smallest absolute Gasteiger partial charge is 0.251 e. The number of amides is 1. The predicted octanol–water partition coefficient (Wildman–Crippen LogP) is 5.28. The third-order valence-electron chi connectivity index (χ3n) is 4.53. The lowest BCUT2D eigenvalue weighted by molar-refractivity contribution is 0.0951. The molecule has 4 aromatic rings. The third kappa shape index (κ3) is 5.02. The first-order valence-corrected chi connectivity index (χ1v) is 11.5. The second kappa shape index (κ2) is 9.20. The van der Waals surface area contributed by atoms with E-state index < -0.39 is 0 Å². The SMILES string of the molecule is CSc1ccc(CNC(=O)c2ccc(SCc3cn4ccccc4n3)cc2)cc1. The highest BCUT2D eigenvalue weighted by atomic mass is 32.2. The lowest BCUT2D eigenvalue weighted by atomic mass is 10.2. The van der Waals surface area contributed by atoms with Crippen LogP contribution in [0.15, 0.2) is 88.9 Å². The second-order valence-corrected chi connectivity index (χ2v) is 8.47. The molecular weight excluding hydrogens is 398 g/mol. The van der Waals surface area contributed by atoms with Gasteiger partial charge in [-0.25, -0.2) is 4.98 Å². The largest absolute Gasteiger partial charge is 0.348 e. The highest BCUT2D eigenvalue weighted by Crippen LogP contribution is 2.23. The summed E-state index contributed by atoms with van der Waals surface area (Å²) in [6.07, 6.45) is 6.10. The van der Waals surface area contributed by atoms with Gasteiger partial charge in [0.2, 0.25) is 0 Å². The number of hydrogen-bond donors (Lipinski definition) is 1. The molecule has 0 aliphatic rings. The van der Waals surface area contributed by atoms with E-state index in [-0.39, 0.29) is 5.91 Å². The Morgan fingerprint density at radius 3 is 2.48 bits per heavy atom. The van der Waals surface area contributed by atoms with Crippen LogP contribution in [0, 0.1) is 0 Å². The molecule has 0 saturated heterocycles. The van der Waals surface area contributed by atoms with E-state index in [1.54, 1.807) is 23.5 Å². The summed E-state index contributed by atoms with van der Waals surface area (Å²) in [4.78, 5) is 19.3. The summed E-state index contributed by atoms with van der Waals surface area (Å²) in [5.74, 6) is 0.732. The number of nitrogens with zero attached hydrogens (tertiary/aromatic N) is 2. The predicted molar refractivity (Wildman–Crippen MR) is 121 cm³/mol. The van der Waals surface area contributed by atoms with E-state index in [9.17, 15) is 4.79 Å². The van der Waals surface area contributed by atoms with Gasteiger partial charge >= 0.3 is 0 Å². The maximum atomic E-state index is 12.4. The number of thioether (sulfide) groups is 2. The molecule has 0 aliphatic carbocycles. The quantitative estimate of drug-likeness (QED) is 0.414. The van der Waals surface area contributed by atoms with E-state index in [1.165, 1.54) is 4.90 Å². The van der Waals surface area contributed by atoms with Crippen molar-refractivity contribution >= 4 is 35.1 Å². The zero-order valence-corrected chi connectivity index (χ0v) is 17.7. The average Bonchev–Trinajstić information content (AvgIpc) is 3.20. The topological polar surface area (TPSA) is 46.4 Å². The van der Waals surface area contributed by atoms with Crippen molar-refractivity contribution in [3.05, 3.63) is 95.9 Å². The number of nitrogens with one attached hydrogen (secondary N) is 1. The van der Waals surface area contributed by atoms with Crippen molar-refractivity contribution in [1.29, 1.82) is 0 Å². The number of rotatable bonds is 7. The summed E-state index contributed by atoms with van der Waals surface area (Å²) in [5.41, 5.74) is 3.76. The summed E-state index contributed by atoms with van der Waals surface area (Å²) in [6, 6.07) is 21.9. The molecule has 29 heavy (non-hydrogen) atoms. The molecule has 0 unspecified atom stereocenters. The highest BCUT2D eigenvalue weighted by molar-refractivity contribution is 7.98. The molecule has 4 rings (SSSR count). The van der Waals surface area contributed by atoms with Gasteiger partial charge in [-0.3, -0.25) is 4.79 Å². The minimum absolute atomic E-state index is 0.0594. The van der Waals surface area contributed by atoms with Crippen LogP contribution in [0.3, 0.4) is 0 Å². The van der Waals surface area contributed by atoms with Crippen molar-refractivity contribution in [3.8, 4) is 0 Å². The van der Waals surface area contributed by atoms with Crippen LogP contribution in [0.1, 0.15) is 21.6 Å². The number of carbonyl (C=O) groups excluding carboxylic acids is 1. The Labute approximate surface area is 178 Å². The maximum Gasteiger partial charge on any atom is 0.251 e. The van der Waals surface area contributed by atoms with Crippen LogP contribution in [0.2, 0.25) is 0 Å². The van der Waals surface area contributed by atoms with E-state index >= 15 is 0 Å². The van der Waals surface area contributed by atoms with E-state index in [0.29, 0.717) is 12.1 Å². The van der Waals surface area contributed by atoms with Crippen molar-refractivity contribution in [3.63, 3.8) is 0 Å². The third-order valence-corrected chi connectivity index (χ3v) is 6.32. The molecule has 0 bridgehead atoms. The van der Waals surface area contributed by atoms with Gasteiger partial charge in [0.15, 0.2) is 0 Å². The lowest BCUT2D eigenvalue weighted by Gasteiger charge is -2.07. The number of hydrogen-bond acceptors (Lipinski definition) is 4. The molecule has 2 aromatic heterocycles. The molecule has 1 N–H and O–H groups in total. The molecule has 4 nitrogen and oxygen atoms in total. The van der Waals surface area contributed by atoms with Gasteiger partial charge in [-0.2, -0.15) is 0 Å². The highest BCUT2D eigenvalue weighted by Gasteiger charge is 2.07. The normalized spacial score (nSPS) is 10.9. The fourth-order valence-electron chi connectivity index (χ4n) is 2.94. The number of benzene rings is 2. The summed E-state index contributed by atoms with van der Waals surface area (Å²) in [5, 5.41) is 2.98. The zero-order chi connectivity index (χ0) is 20.1. The number of fused-ring (bicyclic) bond motifs is 1. The van der Waals surface area contributed by atoms with Crippen LogP contribution in [0.25, 0.3) is 5.65 Å².